The molecule has 3 N–H and O–H groups in total. The fourth-order valence-electron chi connectivity index (χ4n) is 5.80. The van der Waals surface area contributed by atoms with Crippen molar-refractivity contribution in [3.8, 4) is 17.1 Å². The molecule has 2 saturated heterocycles. The molecule has 5 heterocycles. The van der Waals surface area contributed by atoms with Crippen LogP contribution in [0.25, 0.3) is 22.2 Å². The Morgan fingerprint density at radius 3 is 2.87 bits per heavy atom. The number of nitrogens with one attached hydrogen (secondary N) is 3. The van der Waals surface area contributed by atoms with E-state index in [0.29, 0.717) is 34.4 Å². The summed E-state index contributed by atoms with van der Waals surface area (Å²) in [5.74, 6) is 0.0172. The second-order valence-corrected chi connectivity index (χ2v) is 10.3. The minimum atomic E-state index is -0.558. The number of ether oxygens (including phenoxy) is 1. The molecule has 1 aromatic carbocycles. The van der Waals surface area contributed by atoms with Gasteiger partial charge in [0.05, 0.1) is 36.7 Å². The second-order valence-electron chi connectivity index (χ2n) is 10.3. The van der Waals surface area contributed by atoms with Crippen LogP contribution >= 0.6 is 0 Å². The molecule has 3 aromatic heterocycles. The molecule has 0 radical (unpaired) electrons. The smallest absolute Gasteiger partial charge is 0.256 e. The van der Waals surface area contributed by atoms with Crippen LogP contribution in [-0.2, 0) is 11.8 Å². The number of aryl methyl sites for hydroxylation is 1. The van der Waals surface area contributed by atoms with Crippen LogP contribution in [0, 0.1) is 5.82 Å². The summed E-state index contributed by atoms with van der Waals surface area (Å²) in [5.41, 5.74) is 2.64. The van der Waals surface area contributed by atoms with Gasteiger partial charge in [0.15, 0.2) is 5.82 Å². The lowest BCUT2D eigenvalue weighted by molar-refractivity contribution is -0.121. The van der Waals surface area contributed by atoms with E-state index in [0.717, 1.165) is 50.5 Å². The number of H-pyrrole nitrogens is 1. The van der Waals surface area contributed by atoms with Gasteiger partial charge in [0.2, 0.25) is 11.9 Å². The van der Waals surface area contributed by atoms with Crippen molar-refractivity contribution in [2.75, 3.05) is 44.4 Å². The Morgan fingerprint density at radius 2 is 2.08 bits per heavy atom. The second kappa shape index (κ2) is 10.3. The van der Waals surface area contributed by atoms with Gasteiger partial charge in [-0.25, -0.2) is 14.4 Å². The Morgan fingerprint density at radius 1 is 1.21 bits per heavy atom. The van der Waals surface area contributed by atoms with Crippen molar-refractivity contribution in [3.05, 3.63) is 42.6 Å². The molecule has 4 aromatic rings. The number of methoxy groups -OCH3 is 1. The van der Waals surface area contributed by atoms with E-state index in [2.05, 4.69) is 47.5 Å². The van der Waals surface area contributed by atoms with Gasteiger partial charge in [0.1, 0.15) is 11.4 Å². The van der Waals surface area contributed by atoms with Gasteiger partial charge in [-0.3, -0.25) is 14.4 Å². The average molecular weight is 534 g/mol. The van der Waals surface area contributed by atoms with Gasteiger partial charge < -0.3 is 25.3 Å². The lowest BCUT2D eigenvalue weighted by atomic mass is 10.1. The zero-order chi connectivity index (χ0) is 27.1. The zero-order valence-corrected chi connectivity index (χ0v) is 22.2. The van der Waals surface area contributed by atoms with E-state index in [9.17, 15) is 9.18 Å². The topological polar surface area (TPSA) is 116 Å². The number of fused-ring (bicyclic) bond motifs is 1. The minimum absolute atomic E-state index is 0.00387. The van der Waals surface area contributed by atoms with Crippen molar-refractivity contribution in [1.82, 2.24) is 34.5 Å². The maximum atomic E-state index is 15.0. The molecular weight excluding hydrogens is 501 g/mol. The maximum Gasteiger partial charge on any atom is 0.256 e. The number of aromatic amines is 1. The Bertz CT molecular complexity index is 1520. The number of benzene rings is 1. The maximum absolute atomic E-state index is 15.0. The molecule has 2 atom stereocenters. The highest BCUT2D eigenvalue weighted by molar-refractivity contribution is 6.06. The van der Waals surface area contributed by atoms with Crippen molar-refractivity contribution in [1.29, 1.82) is 0 Å². The number of para-hydroxylation sites is 1. The number of carbonyl (C=O) groups excluding carboxylic acids is 1. The van der Waals surface area contributed by atoms with E-state index in [1.807, 2.05) is 18.2 Å². The van der Waals surface area contributed by atoms with E-state index >= 15 is 0 Å². The van der Waals surface area contributed by atoms with Crippen LogP contribution in [-0.4, -0.2) is 86.3 Å². The number of halogens is 1. The third kappa shape index (κ3) is 4.81. The molecule has 0 aliphatic carbocycles. The number of amides is 1. The van der Waals surface area contributed by atoms with Gasteiger partial charge in [-0.05, 0) is 45.5 Å². The third-order valence-electron chi connectivity index (χ3n) is 7.64. The zero-order valence-electron chi connectivity index (χ0n) is 22.2. The number of carbonyl (C=O) groups is 1. The van der Waals surface area contributed by atoms with Gasteiger partial charge in [0, 0.05) is 36.8 Å². The largest absolute Gasteiger partial charge is 0.478 e. The monoisotopic (exact) mass is 533 g/mol. The average Bonchev–Trinajstić information content (AvgIpc) is 3.71. The molecule has 2 aliphatic heterocycles. The molecule has 2 fully saturated rings. The Balaban J connectivity index is 1.26. The van der Waals surface area contributed by atoms with Crippen LogP contribution in [0.1, 0.15) is 19.3 Å². The fourth-order valence-corrected chi connectivity index (χ4v) is 5.80. The predicted octanol–water partition coefficient (Wildman–Crippen LogP) is 3.36. The molecule has 204 valence electrons. The normalized spacial score (nSPS) is 20.1. The van der Waals surface area contributed by atoms with Crippen molar-refractivity contribution in [3.63, 3.8) is 0 Å². The molecule has 0 saturated carbocycles. The van der Waals surface area contributed by atoms with Crippen LogP contribution in [0.5, 0.6) is 5.88 Å². The predicted molar refractivity (Wildman–Crippen MR) is 147 cm³/mol. The number of hydrogen-bond donors (Lipinski definition) is 3. The van der Waals surface area contributed by atoms with Crippen LogP contribution < -0.4 is 15.4 Å². The van der Waals surface area contributed by atoms with Crippen LogP contribution in [0.15, 0.2) is 36.8 Å². The van der Waals surface area contributed by atoms with Gasteiger partial charge in [-0.15, -0.1) is 5.10 Å². The van der Waals surface area contributed by atoms with E-state index in [1.54, 1.807) is 24.1 Å². The lowest BCUT2D eigenvalue weighted by Crippen LogP contribution is -2.46. The summed E-state index contributed by atoms with van der Waals surface area (Å²) in [6.07, 6.45) is 7.52. The Kier molecular flexibility index (Phi) is 6.65. The minimum Gasteiger partial charge on any atom is -0.478 e. The first-order valence-corrected chi connectivity index (χ1v) is 13.1. The summed E-state index contributed by atoms with van der Waals surface area (Å²) >= 11 is 0. The van der Waals surface area contributed by atoms with E-state index in [4.69, 9.17) is 4.74 Å². The standard InChI is InChI=1S/C27H32FN9O2/c1-35-11-9-16(14-35)37-10-5-8-22(37)25(38)31-20-7-4-6-17-18(12-29-24(17)20)23-19(28)13-30-27(33-23)32-21-15-36(2)34-26(21)39-3/h4,6-7,12-13,15-16,22,29H,5,8-11,14H2,1-3H3,(H,31,38)(H,30,32,33)/t16-,22?/m1/s1. The number of nitrogens with zero attached hydrogens (tertiary/aromatic N) is 6. The summed E-state index contributed by atoms with van der Waals surface area (Å²) in [6.45, 7) is 3.00. The highest BCUT2D eigenvalue weighted by Gasteiger charge is 2.37. The molecular formula is C27H32FN9O2. The SMILES string of the molecule is COc1nn(C)cc1Nc1ncc(F)c(-c2c[nH]c3c(NC(=O)C4CCCN4[C@@H]4CCN(C)C4)cccc23)n1. The highest BCUT2D eigenvalue weighted by Crippen LogP contribution is 2.34. The van der Waals surface area contributed by atoms with Gasteiger partial charge in [-0.1, -0.05) is 12.1 Å². The Labute approximate surface area is 225 Å². The van der Waals surface area contributed by atoms with E-state index < -0.39 is 5.82 Å². The summed E-state index contributed by atoms with van der Waals surface area (Å²) < 4.78 is 21.9. The van der Waals surface area contributed by atoms with Crippen molar-refractivity contribution >= 4 is 34.1 Å². The molecule has 1 unspecified atom stereocenters. The molecule has 12 heteroatoms. The lowest BCUT2D eigenvalue weighted by Gasteiger charge is -2.29. The molecule has 39 heavy (non-hydrogen) atoms. The number of aromatic nitrogens is 5. The van der Waals surface area contributed by atoms with Gasteiger partial charge >= 0.3 is 0 Å². The quantitative estimate of drug-likeness (QED) is 0.331. The van der Waals surface area contributed by atoms with E-state index in [1.165, 1.54) is 7.11 Å². The molecule has 0 spiro atoms. The number of likely N-dealkylation sites (tertiary alicyclic amines) is 2. The van der Waals surface area contributed by atoms with Gasteiger partial charge in [-0.2, -0.15) is 0 Å². The number of hydrogen-bond acceptors (Lipinski definition) is 8. The highest BCUT2D eigenvalue weighted by atomic mass is 19.1. The summed E-state index contributed by atoms with van der Waals surface area (Å²) in [5, 5.41) is 11.1. The number of rotatable bonds is 7. The fraction of sp³-hybridized carbons (Fsp3) is 0.407. The molecule has 2 aliphatic rings. The third-order valence-corrected chi connectivity index (χ3v) is 7.64. The van der Waals surface area contributed by atoms with E-state index in [-0.39, 0.29) is 23.6 Å². The Hall–Kier alpha value is -4.03. The number of likely N-dealkylation sites (N-methyl/N-ethyl adjacent to an activating group) is 1. The van der Waals surface area contributed by atoms with Crippen molar-refractivity contribution in [2.45, 2.75) is 31.3 Å². The first kappa shape index (κ1) is 25.3. The van der Waals surface area contributed by atoms with Gasteiger partial charge in [0.25, 0.3) is 5.88 Å². The number of anilines is 3. The molecule has 0 bridgehead atoms. The van der Waals surface area contributed by atoms with Crippen molar-refractivity contribution < 1.29 is 13.9 Å². The first-order chi connectivity index (χ1) is 18.9. The molecule has 6 rings (SSSR count). The van der Waals surface area contributed by atoms with Crippen molar-refractivity contribution in [2.24, 2.45) is 7.05 Å². The van der Waals surface area contributed by atoms with Crippen LogP contribution in [0.3, 0.4) is 0 Å². The first-order valence-electron chi connectivity index (χ1n) is 13.1. The summed E-state index contributed by atoms with van der Waals surface area (Å²) in [4.78, 5) is 29.9. The molecule has 1 amide bonds. The molecule has 11 nitrogen and oxygen atoms in total. The van der Waals surface area contributed by atoms with Crippen LogP contribution in [0.2, 0.25) is 0 Å². The summed E-state index contributed by atoms with van der Waals surface area (Å²) in [6, 6.07) is 5.86. The van der Waals surface area contributed by atoms with Crippen LogP contribution in [0.4, 0.5) is 21.7 Å². The summed E-state index contributed by atoms with van der Waals surface area (Å²) in [7, 11) is 5.42.